The summed E-state index contributed by atoms with van der Waals surface area (Å²) < 4.78 is 73.1. The molecule has 6 unspecified atom stereocenters. The fourth-order valence-electron chi connectivity index (χ4n) is 7.81. The fraction of sp³-hybridized carbons (Fsp3) is 0.257. The highest BCUT2D eigenvalue weighted by Gasteiger charge is 2.77. The molecule has 3 aromatic rings. The van der Waals surface area contributed by atoms with Gasteiger partial charge >= 0.3 is 0 Å². The number of hydrogen-bond acceptors (Lipinski definition) is 5. The molecule has 2 aliphatic heterocycles. The standard InChI is InChI=1S/C35H23Cl2F5N2O5/c1-3-15-4-7-17(8-5-15)43-30(46)19-10-9-18-20(22(19)31(43)47)13-34(36)32(48)44(29-27(41)25(39)24(38)26(40)28(29)42)33(49)35(34,37)23(18)16-6-11-21(45)14(2)12-16/h3-9,11-12,19-20,22-23,45H,1,10,13H2,2H3. The topological polar surface area (TPSA) is 95.0 Å². The summed E-state index contributed by atoms with van der Waals surface area (Å²) in [5.74, 6) is -21.2. The molecule has 3 fully saturated rings. The van der Waals surface area contributed by atoms with E-state index < -0.39 is 98.2 Å². The second-order valence-electron chi connectivity index (χ2n) is 12.5. The van der Waals surface area contributed by atoms with E-state index in [1.165, 1.54) is 25.1 Å². The third-order valence-electron chi connectivity index (χ3n) is 10.2. The van der Waals surface area contributed by atoms with Crippen molar-refractivity contribution in [2.75, 3.05) is 9.80 Å². The predicted molar refractivity (Wildman–Crippen MR) is 168 cm³/mol. The van der Waals surface area contributed by atoms with Crippen molar-refractivity contribution in [2.24, 2.45) is 17.8 Å². The van der Waals surface area contributed by atoms with Gasteiger partial charge in [0.25, 0.3) is 11.8 Å². The van der Waals surface area contributed by atoms with Gasteiger partial charge in [-0.15, -0.1) is 23.2 Å². The van der Waals surface area contributed by atoms with E-state index in [1.54, 1.807) is 36.4 Å². The number of rotatable bonds is 4. The van der Waals surface area contributed by atoms with Gasteiger partial charge in [-0.05, 0) is 60.6 Å². The number of hydrogen-bond donors (Lipinski definition) is 1. The minimum absolute atomic E-state index is 0.00161. The third-order valence-corrected chi connectivity index (χ3v) is 11.6. The number of fused-ring (bicyclic) bond motifs is 4. The van der Waals surface area contributed by atoms with Crippen LogP contribution < -0.4 is 9.80 Å². The maximum absolute atomic E-state index is 15.2. The summed E-state index contributed by atoms with van der Waals surface area (Å²) in [5, 5.41) is 10.3. The van der Waals surface area contributed by atoms with Crippen LogP contribution in [0.1, 0.15) is 35.4 Å². The molecular formula is C35H23Cl2F5N2O5. The lowest BCUT2D eigenvalue weighted by atomic mass is 9.56. The van der Waals surface area contributed by atoms with Gasteiger partial charge in [-0.25, -0.2) is 26.9 Å². The van der Waals surface area contributed by atoms with Crippen molar-refractivity contribution in [3.05, 3.63) is 106 Å². The molecule has 252 valence electrons. The maximum Gasteiger partial charge on any atom is 0.258 e. The highest BCUT2D eigenvalue weighted by molar-refractivity contribution is 6.58. The minimum atomic E-state index is -2.64. The Morgan fingerprint density at radius 1 is 0.837 bits per heavy atom. The Bertz CT molecular complexity index is 2060. The second-order valence-corrected chi connectivity index (χ2v) is 13.8. The Morgan fingerprint density at radius 3 is 2.04 bits per heavy atom. The molecule has 6 atom stereocenters. The minimum Gasteiger partial charge on any atom is -0.508 e. The quantitative estimate of drug-likeness (QED) is 0.0800. The molecule has 0 bridgehead atoms. The average Bonchev–Trinajstić information content (AvgIpc) is 3.42. The Morgan fingerprint density at radius 2 is 1.45 bits per heavy atom. The van der Waals surface area contributed by atoms with Gasteiger partial charge in [-0.1, -0.05) is 48.6 Å². The number of aromatic hydroxyl groups is 1. The monoisotopic (exact) mass is 716 g/mol. The molecule has 0 spiro atoms. The zero-order valence-electron chi connectivity index (χ0n) is 25.2. The van der Waals surface area contributed by atoms with Crippen LogP contribution in [0, 0.1) is 53.8 Å². The van der Waals surface area contributed by atoms with Gasteiger partial charge in [0, 0.05) is 5.92 Å². The van der Waals surface area contributed by atoms with Crippen molar-refractivity contribution in [2.45, 2.75) is 35.4 Å². The first-order chi connectivity index (χ1) is 23.1. The molecule has 2 saturated heterocycles. The molecule has 1 saturated carbocycles. The van der Waals surface area contributed by atoms with Gasteiger partial charge in [0.05, 0.1) is 17.5 Å². The predicted octanol–water partition coefficient (Wildman–Crippen LogP) is 6.81. The van der Waals surface area contributed by atoms with E-state index in [1.807, 2.05) is 0 Å². The van der Waals surface area contributed by atoms with Gasteiger partial charge < -0.3 is 5.11 Å². The molecule has 2 heterocycles. The number of allylic oxidation sites excluding steroid dienone is 2. The van der Waals surface area contributed by atoms with Crippen LogP contribution in [0.2, 0.25) is 0 Å². The van der Waals surface area contributed by atoms with Crippen molar-refractivity contribution >= 4 is 64.3 Å². The third kappa shape index (κ3) is 4.19. The van der Waals surface area contributed by atoms with Gasteiger partial charge in [0.1, 0.15) is 11.4 Å². The number of phenolic OH excluding ortho intramolecular Hbond substituents is 1. The SMILES string of the molecule is C=Cc1ccc(N2C(=O)C3CC=C4C(CC5(Cl)C(=O)N(c6c(F)c(F)c(F)c(F)c6F)C(=O)C5(Cl)C4c4ccc(O)c(C)c4)C3C2=O)cc1. The van der Waals surface area contributed by atoms with E-state index in [2.05, 4.69) is 6.58 Å². The number of benzene rings is 3. The average molecular weight is 717 g/mol. The Kier molecular flexibility index (Phi) is 7.39. The van der Waals surface area contributed by atoms with Gasteiger partial charge in [-0.2, -0.15) is 0 Å². The van der Waals surface area contributed by atoms with Crippen molar-refractivity contribution < 1.29 is 46.2 Å². The summed E-state index contributed by atoms with van der Waals surface area (Å²) in [4.78, 5) is 52.0. The number of carbonyl (C=O) groups is 4. The first-order valence-electron chi connectivity index (χ1n) is 15.0. The molecule has 49 heavy (non-hydrogen) atoms. The smallest absolute Gasteiger partial charge is 0.258 e. The van der Waals surface area contributed by atoms with E-state index in [9.17, 15) is 37.5 Å². The fourth-order valence-corrected chi connectivity index (χ4v) is 8.75. The number of halogens is 7. The van der Waals surface area contributed by atoms with Crippen molar-refractivity contribution in [3.8, 4) is 5.75 Å². The molecule has 1 N–H and O–H groups in total. The normalized spacial score (nSPS) is 29.2. The van der Waals surface area contributed by atoms with Crippen LogP contribution in [0.3, 0.4) is 0 Å². The molecule has 0 aromatic heterocycles. The van der Waals surface area contributed by atoms with Crippen LogP contribution in [0.15, 0.2) is 60.7 Å². The molecule has 3 aromatic carbocycles. The number of carbonyl (C=O) groups excluding carboxylic acids is 4. The Labute approximate surface area is 285 Å². The lowest BCUT2D eigenvalue weighted by Crippen LogP contribution is -2.60. The van der Waals surface area contributed by atoms with E-state index >= 15 is 8.78 Å². The zero-order chi connectivity index (χ0) is 35.5. The summed E-state index contributed by atoms with van der Waals surface area (Å²) in [6, 6.07) is 10.5. The van der Waals surface area contributed by atoms with Crippen LogP contribution in [-0.4, -0.2) is 38.5 Å². The number of alkyl halides is 2. The number of nitrogens with zero attached hydrogens (tertiary/aromatic N) is 2. The van der Waals surface area contributed by atoms with Gasteiger partial charge in [0.15, 0.2) is 33.0 Å². The van der Waals surface area contributed by atoms with Gasteiger partial charge in [-0.3, -0.25) is 24.1 Å². The zero-order valence-corrected chi connectivity index (χ0v) is 26.8. The molecule has 0 radical (unpaired) electrons. The molecule has 7 nitrogen and oxygen atoms in total. The highest BCUT2D eigenvalue weighted by Crippen LogP contribution is 2.66. The first kappa shape index (κ1) is 33.0. The maximum atomic E-state index is 15.2. The Hall–Kier alpha value is -4.55. The summed E-state index contributed by atoms with van der Waals surface area (Å²) in [5.41, 5.74) is -0.0489. The van der Waals surface area contributed by atoms with E-state index in [-0.39, 0.29) is 28.3 Å². The number of imide groups is 2. The Balaban J connectivity index is 1.42. The first-order valence-corrected chi connectivity index (χ1v) is 15.7. The van der Waals surface area contributed by atoms with Crippen molar-refractivity contribution in [3.63, 3.8) is 0 Å². The summed E-state index contributed by atoms with van der Waals surface area (Å²) in [6.07, 6.45) is 2.57. The molecular weight excluding hydrogens is 694 g/mol. The van der Waals surface area contributed by atoms with Crippen LogP contribution in [0.25, 0.3) is 6.08 Å². The largest absolute Gasteiger partial charge is 0.508 e. The van der Waals surface area contributed by atoms with E-state index in [4.69, 9.17) is 23.2 Å². The summed E-state index contributed by atoms with van der Waals surface area (Å²) in [7, 11) is 0. The van der Waals surface area contributed by atoms with Crippen molar-refractivity contribution in [1.82, 2.24) is 0 Å². The van der Waals surface area contributed by atoms with Gasteiger partial charge in [0.2, 0.25) is 17.6 Å². The van der Waals surface area contributed by atoms with Crippen LogP contribution in [0.5, 0.6) is 5.75 Å². The lowest BCUT2D eigenvalue weighted by Gasteiger charge is -2.50. The molecule has 14 heteroatoms. The molecule has 7 rings (SSSR count). The number of anilines is 2. The molecule has 4 amide bonds. The van der Waals surface area contributed by atoms with Crippen LogP contribution in [0.4, 0.5) is 33.3 Å². The highest BCUT2D eigenvalue weighted by atomic mass is 35.5. The van der Waals surface area contributed by atoms with E-state index in [0.717, 1.165) is 10.5 Å². The summed E-state index contributed by atoms with van der Waals surface area (Å²) in [6.45, 7) is 5.21. The second kappa shape index (κ2) is 11.0. The molecule has 2 aliphatic carbocycles. The van der Waals surface area contributed by atoms with E-state index in [0.29, 0.717) is 11.1 Å². The molecule has 4 aliphatic rings. The van der Waals surface area contributed by atoms with Crippen molar-refractivity contribution in [1.29, 1.82) is 0 Å². The summed E-state index contributed by atoms with van der Waals surface area (Å²) >= 11 is 14.2. The van der Waals surface area contributed by atoms with Crippen LogP contribution >= 0.6 is 23.2 Å². The number of amides is 4. The number of aryl methyl sites for hydroxylation is 1. The number of phenols is 1. The van der Waals surface area contributed by atoms with Crippen LogP contribution in [-0.2, 0) is 19.2 Å². The lowest BCUT2D eigenvalue weighted by molar-refractivity contribution is -0.125.